The standard InChI is InChI=1S/C12H15N3O2/c13-7-12(17)14-4-3-8-1-2-10-9(5-8)6-11(16)15-10/h1-2,5H,3-4,6-7,13H2,(H,14,17)(H,15,16). The summed E-state index contributed by atoms with van der Waals surface area (Å²) in [5.74, 6) is -0.114. The lowest BCUT2D eigenvalue weighted by Crippen LogP contribution is -2.31. The molecule has 1 aromatic rings. The number of carbonyl (C=O) groups is 2. The number of amides is 2. The molecule has 1 aromatic carbocycles. The largest absolute Gasteiger partial charge is 0.355 e. The number of carbonyl (C=O) groups excluding carboxylic acids is 2. The Kier molecular flexibility index (Phi) is 3.39. The average molecular weight is 233 g/mol. The minimum atomic E-state index is -0.150. The third kappa shape index (κ3) is 2.82. The van der Waals surface area contributed by atoms with E-state index in [1.807, 2.05) is 18.2 Å². The molecular weight excluding hydrogens is 218 g/mol. The highest BCUT2D eigenvalue weighted by Crippen LogP contribution is 2.23. The van der Waals surface area contributed by atoms with Crippen LogP contribution in [0.3, 0.4) is 0 Å². The maximum Gasteiger partial charge on any atom is 0.233 e. The number of nitrogens with two attached hydrogens (primary N) is 1. The van der Waals surface area contributed by atoms with Gasteiger partial charge in [0.05, 0.1) is 13.0 Å². The van der Waals surface area contributed by atoms with Gasteiger partial charge in [-0.1, -0.05) is 12.1 Å². The van der Waals surface area contributed by atoms with Gasteiger partial charge in [0.2, 0.25) is 11.8 Å². The van der Waals surface area contributed by atoms with Crippen LogP contribution in [0, 0.1) is 0 Å². The predicted molar refractivity (Wildman–Crippen MR) is 64.5 cm³/mol. The molecule has 0 fully saturated rings. The molecule has 0 aromatic heterocycles. The molecule has 0 spiro atoms. The summed E-state index contributed by atoms with van der Waals surface area (Å²) in [7, 11) is 0. The Morgan fingerprint density at radius 3 is 3.06 bits per heavy atom. The van der Waals surface area contributed by atoms with E-state index in [0.717, 1.165) is 23.2 Å². The fraction of sp³-hybridized carbons (Fsp3) is 0.333. The van der Waals surface area contributed by atoms with Gasteiger partial charge in [-0.3, -0.25) is 9.59 Å². The molecule has 0 saturated heterocycles. The van der Waals surface area contributed by atoms with Crippen molar-refractivity contribution < 1.29 is 9.59 Å². The summed E-state index contributed by atoms with van der Waals surface area (Å²) in [5, 5.41) is 5.49. The number of hydrogen-bond acceptors (Lipinski definition) is 3. The first-order valence-corrected chi connectivity index (χ1v) is 5.57. The second-order valence-electron chi connectivity index (χ2n) is 4.02. The topological polar surface area (TPSA) is 84.2 Å². The van der Waals surface area contributed by atoms with Crippen LogP contribution >= 0.6 is 0 Å². The lowest BCUT2D eigenvalue weighted by atomic mass is 10.1. The molecule has 0 radical (unpaired) electrons. The van der Waals surface area contributed by atoms with E-state index in [4.69, 9.17) is 5.73 Å². The number of rotatable bonds is 4. The lowest BCUT2D eigenvalue weighted by molar-refractivity contribution is -0.119. The maximum absolute atomic E-state index is 11.2. The van der Waals surface area contributed by atoms with Crippen LogP contribution in [-0.2, 0) is 22.4 Å². The highest BCUT2D eigenvalue weighted by atomic mass is 16.2. The van der Waals surface area contributed by atoms with Crippen molar-refractivity contribution in [3.63, 3.8) is 0 Å². The summed E-state index contributed by atoms with van der Waals surface area (Å²) in [4.78, 5) is 22.1. The van der Waals surface area contributed by atoms with Crippen LogP contribution in [0.15, 0.2) is 18.2 Å². The quantitative estimate of drug-likeness (QED) is 0.673. The van der Waals surface area contributed by atoms with E-state index >= 15 is 0 Å². The number of nitrogens with one attached hydrogen (secondary N) is 2. The summed E-state index contributed by atoms with van der Waals surface area (Å²) >= 11 is 0. The second kappa shape index (κ2) is 4.97. The van der Waals surface area contributed by atoms with Crippen molar-refractivity contribution in [1.82, 2.24) is 5.32 Å². The average Bonchev–Trinajstić information content (AvgIpc) is 2.68. The Morgan fingerprint density at radius 2 is 2.29 bits per heavy atom. The van der Waals surface area contributed by atoms with E-state index < -0.39 is 0 Å². The second-order valence-corrected chi connectivity index (χ2v) is 4.02. The summed E-state index contributed by atoms with van der Waals surface area (Å²) in [6.45, 7) is 0.582. The van der Waals surface area contributed by atoms with E-state index in [0.29, 0.717) is 13.0 Å². The summed E-state index contributed by atoms with van der Waals surface area (Å²) in [6, 6.07) is 5.86. The molecule has 0 atom stereocenters. The maximum atomic E-state index is 11.2. The third-order valence-electron chi connectivity index (χ3n) is 2.72. The highest BCUT2D eigenvalue weighted by Gasteiger charge is 2.17. The Labute approximate surface area is 99.4 Å². The van der Waals surface area contributed by atoms with E-state index in [9.17, 15) is 9.59 Å². The molecule has 4 N–H and O–H groups in total. The zero-order chi connectivity index (χ0) is 12.3. The normalized spacial score (nSPS) is 13.1. The van der Waals surface area contributed by atoms with Gasteiger partial charge in [-0.15, -0.1) is 0 Å². The molecule has 0 saturated carbocycles. The zero-order valence-electron chi connectivity index (χ0n) is 9.45. The van der Waals surface area contributed by atoms with Gasteiger partial charge in [-0.2, -0.15) is 0 Å². The SMILES string of the molecule is NCC(=O)NCCc1ccc2c(c1)CC(=O)N2. The summed E-state index contributed by atoms with van der Waals surface area (Å²) < 4.78 is 0. The molecule has 1 aliphatic rings. The number of hydrogen-bond donors (Lipinski definition) is 3. The molecule has 0 aliphatic carbocycles. The zero-order valence-corrected chi connectivity index (χ0v) is 9.45. The van der Waals surface area contributed by atoms with Gasteiger partial charge in [-0.25, -0.2) is 0 Å². The number of fused-ring (bicyclic) bond motifs is 1. The molecule has 90 valence electrons. The van der Waals surface area contributed by atoms with Crippen LogP contribution < -0.4 is 16.4 Å². The van der Waals surface area contributed by atoms with Gasteiger partial charge >= 0.3 is 0 Å². The van der Waals surface area contributed by atoms with E-state index in [2.05, 4.69) is 10.6 Å². The molecule has 5 nitrogen and oxygen atoms in total. The van der Waals surface area contributed by atoms with Crippen molar-refractivity contribution in [2.24, 2.45) is 5.73 Å². The van der Waals surface area contributed by atoms with Crippen LogP contribution in [-0.4, -0.2) is 24.9 Å². The molecule has 2 rings (SSSR count). The first-order chi connectivity index (χ1) is 8.19. The van der Waals surface area contributed by atoms with Crippen LogP contribution in [0.1, 0.15) is 11.1 Å². The Bertz CT molecular complexity index is 457. The van der Waals surface area contributed by atoms with Crippen LogP contribution in [0.2, 0.25) is 0 Å². The van der Waals surface area contributed by atoms with Crippen LogP contribution in [0.25, 0.3) is 0 Å². The Hall–Kier alpha value is -1.88. The lowest BCUT2D eigenvalue weighted by Gasteiger charge is -2.05. The Balaban J connectivity index is 1.93. The molecule has 2 amide bonds. The first-order valence-electron chi connectivity index (χ1n) is 5.57. The monoisotopic (exact) mass is 233 g/mol. The van der Waals surface area contributed by atoms with E-state index in [1.54, 1.807) is 0 Å². The van der Waals surface area contributed by atoms with Crippen molar-refractivity contribution >= 4 is 17.5 Å². The fourth-order valence-corrected chi connectivity index (χ4v) is 1.86. The van der Waals surface area contributed by atoms with Crippen LogP contribution in [0.5, 0.6) is 0 Å². The highest BCUT2D eigenvalue weighted by molar-refractivity contribution is 5.99. The first kappa shape index (κ1) is 11.6. The summed E-state index contributed by atoms with van der Waals surface area (Å²) in [6.07, 6.45) is 1.19. The Morgan fingerprint density at radius 1 is 1.47 bits per heavy atom. The molecule has 1 heterocycles. The van der Waals surface area contributed by atoms with E-state index in [-0.39, 0.29) is 18.4 Å². The predicted octanol–water partition coefficient (Wildman–Crippen LogP) is -0.201. The molecule has 5 heteroatoms. The minimum absolute atomic E-state index is 0.0165. The molecule has 17 heavy (non-hydrogen) atoms. The molecular formula is C12H15N3O2. The van der Waals surface area contributed by atoms with Crippen molar-refractivity contribution in [3.8, 4) is 0 Å². The van der Waals surface area contributed by atoms with Gasteiger partial charge in [0.1, 0.15) is 0 Å². The van der Waals surface area contributed by atoms with Gasteiger partial charge in [0, 0.05) is 12.2 Å². The molecule has 0 bridgehead atoms. The van der Waals surface area contributed by atoms with Crippen molar-refractivity contribution in [3.05, 3.63) is 29.3 Å². The fourth-order valence-electron chi connectivity index (χ4n) is 1.86. The van der Waals surface area contributed by atoms with Gasteiger partial charge in [0.15, 0.2) is 0 Å². The van der Waals surface area contributed by atoms with Gasteiger partial charge < -0.3 is 16.4 Å². The van der Waals surface area contributed by atoms with Gasteiger partial charge in [0.25, 0.3) is 0 Å². The van der Waals surface area contributed by atoms with E-state index in [1.165, 1.54) is 0 Å². The van der Waals surface area contributed by atoms with Crippen LogP contribution in [0.4, 0.5) is 5.69 Å². The number of anilines is 1. The summed E-state index contributed by atoms with van der Waals surface area (Å²) in [5.41, 5.74) is 8.21. The van der Waals surface area contributed by atoms with Crippen molar-refractivity contribution in [2.45, 2.75) is 12.8 Å². The van der Waals surface area contributed by atoms with Gasteiger partial charge in [-0.05, 0) is 23.6 Å². The smallest absolute Gasteiger partial charge is 0.233 e. The van der Waals surface area contributed by atoms with Crippen molar-refractivity contribution in [2.75, 3.05) is 18.4 Å². The van der Waals surface area contributed by atoms with Crippen molar-refractivity contribution in [1.29, 1.82) is 0 Å². The minimum Gasteiger partial charge on any atom is -0.355 e. The molecule has 1 aliphatic heterocycles. The third-order valence-corrected chi connectivity index (χ3v) is 2.72. The molecule has 0 unspecified atom stereocenters. The number of benzene rings is 1.